The van der Waals surface area contributed by atoms with Gasteiger partial charge >= 0.3 is 0 Å². The number of aryl methyl sites for hydroxylation is 1. The lowest BCUT2D eigenvalue weighted by atomic mass is 10.1. The van der Waals surface area contributed by atoms with Gasteiger partial charge in [0.15, 0.2) is 0 Å². The molecule has 2 aromatic heterocycles. The lowest BCUT2D eigenvalue weighted by Gasteiger charge is -2.17. The number of imide groups is 1. The molecule has 0 spiro atoms. The molecule has 0 bridgehead atoms. The fourth-order valence-electron chi connectivity index (χ4n) is 3.70. The van der Waals surface area contributed by atoms with E-state index >= 15 is 0 Å². The summed E-state index contributed by atoms with van der Waals surface area (Å²) < 4.78 is 1.69. The highest BCUT2D eigenvalue weighted by Gasteiger charge is 2.37. The Morgan fingerprint density at radius 3 is 2.47 bits per heavy atom. The highest BCUT2D eigenvalue weighted by molar-refractivity contribution is 7.15. The first-order valence-corrected chi connectivity index (χ1v) is 11.0. The third-order valence-corrected chi connectivity index (χ3v) is 6.17. The number of fused-ring (bicyclic) bond motifs is 2. The topological polar surface area (TPSA) is 96.7 Å². The first-order valence-electron chi connectivity index (χ1n) is 10.1. The molecule has 8 nitrogen and oxygen atoms in total. The van der Waals surface area contributed by atoms with Gasteiger partial charge in [-0.1, -0.05) is 29.8 Å². The Bertz CT molecular complexity index is 1400. The monoisotopic (exact) mass is 445 g/mol. The number of rotatable bonds is 4. The van der Waals surface area contributed by atoms with E-state index < -0.39 is 11.8 Å². The summed E-state index contributed by atoms with van der Waals surface area (Å²) in [6.45, 7) is 5.57. The summed E-state index contributed by atoms with van der Waals surface area (Å²) in [6.07, 6.45) is 0. The molecule has 160 valence electrons. The van der Waals surface area contributed by atoms with Crippen LogP contribution in [0.15, 0.2) is 47.8 Å². The zero-order chi connectivity index (χ0) is 22.6. The SMILES string of the molecule is Cc1ccc(-c2csc3nc(NC(=O)c4ccc5c(c4)C(=O)N(C(C)C)C5=O)nn23)cc1. The molecule has 0 aliphatic carbocycles. The second-order valence-corrected chi connectivity index (χ2v) is 8.74. The van der Waals surface area contributed by atoms with Gasteiger partial charge < -0.3 is 0 Å². The van der Waals surface area contributed by atoms with Gasteiger partial charge in [-0.25, -0.2) is 4.52 Å². The summed E-state index contributed by atoms with van der Waals surface area (Å²) >= 11 is 1.43. The summed E-state index contributed by atoms with van der Waals surface area (Å²) in [4.78, 5) is 44.1. The highest BCUT2D eigenvalue weighted by Crippen LogP contribution is 2.28. The molecular formula is C23H19N5O3S. The van der Waals surface area contributed by atoms with E-state index in [1.54, 1.807) is 18.4 Å². The molecule has 0 saturated carbocycles. The maximum absolute atomic E-state index is 12.8. The van der Waals surface area contributed by atoms with Crippen LogP contribution in [0.25, 0.3) is 16.2 Å². The summed E-state index contributed by atoms with van der Waals surface area (Å²) in [7, 11) is 0. The molecule has 3 amide bonds. The van der Waals surface area contributed by atoms with Crippen molar-refractivity contribution >= 4 is 40.0 Å². The van der Waals surface area contributed by atoms with Crippen molar-refractivity contribution in [2.24, 2.45) is 0 Å². The van der Waals surface area contributed by atoms with E-state index in [9.17, 15) is 14.4 Å². The zero-order valence-corrected chi connectivity index (χ0v) is 18.4. The molecule has 9 heteroatoms. The Balaban J connectivity index is 1.41. The van der Waals surface area contributed by atoms with Crippen LogP contribution < -0.4 is 5.32 Å². The fourth-order valence-corrected chi connectivity index (χ4v) is 4.53. The van der Waals surface area contributed by atoms with Gasteiger partial charge in [0.05, 0.1) is 16.8 Å². The number of aromatic nitrogens is 3. The summed E-state index contributed by atoms with van der Waals surface area (Å²) in [5.74, 6) is -1.02. The minimum Gasteiger partial charge on any atom is -0.289 e. The molecule has 3 heterocycles. The zero-order valence-electron chi connectivity index (χ0n) is 17.6. The molecule has 32 heavy (non-hydrogen) atoms. The number of carbonyl (C=O) groups excluding carboxylic acids is 3. The molecule has 5 rings (SSSR count). The number of benzene rings is 2. The van der Waals surface area contributed by atoms with Gasteiger partial charge in [-0.2, -0.15) is 4.98 Å². The minimum absolute atomic E-state index is 0.168. The van der Waals surface area contributed by atoms with Crippen molar-refractivity contribution in [2.45, 2.75) is 26.8 Å². The third-order valence-electron chi connectivity index (χ3n) is 5.35. The number of nitrogens with zero attached hydrogens (tertiary/aromatic N) is 4. The summed E-state index contributed by atoms with van der Waals surface area (Å²) in [6, 6.07) is 12.3. The van der Waals surface area contributed by atoms with Crippen molar-refractivity contribution in [3.8, 4) is 11.3 Å². The molecule has 1 aliphatic rings. The molecule has 1 aliphatic heterocycles. The molecule has 2 aromatic carbocycles. The Morgan fingerprint density at radius 1 is 1.03 bits per heavy atom. The van der Waals surface area contributed by atoms with Crippen molar-refractivity contribution in [3.63, 3.8) is 0 Å². The predicted octanol–water partition coefficient (Wildman–Crippen LogP) is 4.02. The third kappa shape index (κ3) is 3.18. The van der Waals surface area contributed by atoms with Crippen LogP contribution in [0, 0.1) is 6.92 Å². The van der Waals surface area contributed by atoms with E-state index in [0.29, 0.717) is 10.5 Å². The van der Waals surface area contributed by atoms with Gasteiger partial charge in [-0.05, 0) is 39.0 Å². The fraction of sp³-hybridized carbons (Fsp3) is 0.174. The van der Waals surface area contributed by atoms with E-state index in [2.05, 4.69) is 15.4 Å². The van der Waals surface area contributed by atoms with Gasteiger partial charge in [0.1, 0.15) is 0 Å². The number of hydrogen-bond donors (Lipinski definition) is 1. The average Bonchev–Trinajstić information content (AvgIpc) is 3.40. The van der Waals surface area contributed by atoms with E-state index in [4.69, 9.17) is 0 Å². The van der Waals surface area contributed by atoms with E-state index in [1.165, 1.54) is 34.4 Å². The smallest absolute Gasteiger partial charge is 0.261 e. The van der Waals surface area contributed by atoms with Crippen LogP contribution in [-0.2, 0) is 0 Å². The van der Waals surface area contributed by atoms with Crippen molar-refractivity contribution in [2.75, 3.05) is 5.32 Å². The standard InChI is InChI=1S/C23H19N5O3S/c1-12(2)27-20(30)16-9-8-15(10-17(16)21(27)31)19(29)24-22-25-23-28(26-22)18(11-32-23)14-6-4-13(3)5-7-14/h4-12H,1-3H3,(H,24,26,29). The van der Waals surface area contributed by atoms with Gasteiger partial charge in [0, 0.05) is 22.5 Å². The van der Waals surface area contributed by atoms with Gasteiger partial charge in [0.2, 0.25) is 4.96 Å². The maximum Gasteiger partial charge on any atom is 0.261 e. The van der Waals surface area contributed by atoms with E-state index in [0.717, 1.165) is 16.8 Å². The average molecular weight is 446 g/mol. The largest absolute Gasteiger partial charge is 0.289 e. The molecule has 0 fully saturated rings. The Hall–Kier alpha value is -3.85. The van der Waals surface area contributed by atoms with E-state index in [-0.39, 0.29) is 29.0 Å². The number of anilines is 1. The second-order valence-electron chi connectivity index (χ2n) is 7.91. The van der Waals surface area contributed by atoms with E-state index in [1.807, 2.05) is 36.6 Å². The first-order chi connectivity index (χ1) is 15.3. The van der Waals surface area contributed by atoms with Crippen LogP contribution in [0.5, 0.6) is 0 Å². The summed E-state index contributed by atoms with van der Waals surface area (Å²) in [5, 5.41) is 9.08. The summed E-state index contributed by atoms with van der Waals surface area (Å²) in [5.41, 5.74) is 3.85. The lowest BCUT2D eigenvalue weighted by molar-refractivity contribution is 0.0609. The van der Waals surface area contributed by atoms with Crippen LogP contribution in [-0.4, -0.2) is 43.3 Å². The molecular weight excluding hydrogens is 426 g/mol. The number of carbonyl (C=O) groups is 3. The second kappa shape index (κ2) is 7.38. The van der Waals surface area contributed by atoms with Crippen molar-refractivity contribution in [3.05, 3.63) is 70.1 Å². The van der Waals surface area contributed by atoms with Crippen LogP contribution in [0.2, 0.25) is 0 Å². The lowest BCUT2D eigenvalue weighted by Crippen LogP contribution is -2.35. The molecule has 0 radical (unpaired) electrons. The normalized spacial score (nSPS) is 13.3. The molecule has 4 aromatic rings. The van der Waals surface area contributed by atoms with Crippen molar-refractivity contribution in [1.29, 1.82) is 0 Å². The molecule has 0 atom stereocenters. The first kappa shape index (κ1) is 20.1. The minimum atomic E-state index is -0.453. The Kier molecular flexibility index (Phi) is 4.63. The van der Waals surface area contributed by atoms with Gasteiger partial charge in [-0.15, -0.1) is 16.4 Å². The molecule has 0 unspecified atom stereocenters. The van der Waals surface area contributed by atoms with Crippen LogP contribution >= 0.6 is 11.3 Å². The number of thiazole rings is 1. The number of nitrogens with one attached hydrogen (secondary N) is 1. The predicted molar refractivity (Wildman–Crippen MR) is 121 cm³/mol. The molecule has 1 N–H and O–H groups in total. The van der Waals surface area contributed by atoms with Gasteiger partial charge in [0.25, 0.3) is 23.7 Å². The van der Waals surface area contributed by atoms with Crippen LogP contribution in [0.3, 0.4) is 0 Å². The Morgan fingerprint density at radius 2 is 1.75 bits per heavy atom. The van der Waals surface area contributed by atoms with Crippen LogP contribution in [0.1, 0.15) is 50.5 Å². The Labute approximate surface area is 187 Å². The highest BCUT2D eigenvalue weighted by atomic mass is 32.1. The number of hydrogen-bond acceptors (Lipinski definition) is 6. The van der Waals surface area contributed by atoms with Crippen molar-refractivity contribution < 1.29 is 14.4 Å². The quantitative estimate of drug-likeness (QED) is 0.479. The van der Waals surface area contributed by atoms with Gasteiger partial charge in [-0.3, -0.25) is 24.6 Å². The number of amides is 3. The maximum atomic E-state index is 12.8. The molecule has 0 saturated heterocycles. The van der Waals surface area contributed by atoms with Crippen LogP contribution in [0.4, 0.5) is 5.95 Å². The van der Waals surface area contributed by atoms with Crippen molar-refractivity contribution in [1.82, 2.24) is 19.5 Å².